The molecule has 0 spiro atoms. The molecule has 1 heterocycles. The quantitative estimate of drug-likeness (QED) is 0.739. The van der Waals surface area contributed by atoms with Gasteiger partial charge in [0.1, 0.15) is 6.29 Å². The van der Waals surface area contributed by atoms with Gasteiger partial charge in [-0.05, 0) is 18.9 Å². The van der Waals surface area contributed by atoms with Crippen LogP contribution in [0, 0.1) is 12.5 Å². The summed E-state index contributed by atoms with van der Waals surface area (Å²) in [6, 6.07) is 10.2. The molecule has 1 aliphatic rings. The molecule has 1 fully saturated rings. The van der Waals surface area contributed by atoms with Gasteiger partial charge in [0.05, 0.1) is 6.10 Å². The van der Waals surface area contributed by atoms with Gasteiger partial charge in [-0.3, -0.25) is 0 Å². The Kier molecular flexibility index (Phi) is 7.23. The Bertz CT molecular complexity index is 302. The maximum atomic E-state index is 5.81. The molecule has 1 saturated heterocycles. The van der Waals surface area contributed by atoms with Crippen LogP contribution in [-0.2, 0) is 9.47 Å². The zero-order valence-corrected chi connectivity index (χ0v) is 16.5. The minimum atomic E-state index is -0.0739. The van der Waals surface area contributed by atoms with Gasteiger partial charge < -0.3 is 9.47 Å². The summed E-state index contributed by atoms with van der Waals surface area (Å²) in [7, 11) is 0. The van der Waals surface area contributed by atoms with Crippen LogP contribution < -0.4 is 68.9 Å². The molecule has 0 aliphatic carbocycles. The Morgan fingerprint density at radius 2 is 2.06 bits per heavy atom. The molecule has 2 nitrogen and oxygen atoms in total. The average molecular weight is 338 g/mol. The van der Waals surface area contributed by atoms with Gasteiger partial charge in [-0.2, -0.15) is 0 Å². The first-order valence-electron chi connectivity index (χ1n) is 5.45. The molecule has 82 valence electrons. The van der Waals surface area contributed by atoms with Crippen LogP contribution in [0.25, 0.3) is 0 Å². The van der Waals surface area contributed by atoms with Gasteiger partial charge in [0.2, 0.25) is 0 Å². The largest absolute Gasteiger partial charge is 1.00 e. The molecule has 0 bridgehead atoms. The summed E-state index contributed by atoms with van der Waals surface area (Å²) in [6.45, 7) is 6.06. The van der Waals surface area contributed by atoms with Crippen LogP contribution in [0.3, 0.4) is 0 Å². The zero-order chi connectivity index (χ0) is 10.7. The van der Waals surface area contributed by atoms with Gasteiger partial charge in [-0.1, -0.05) is 37.3 Å². The summed E-state index contributed by atoms with van der Waals surface area (Å²) in [6.07, 6.45) is 0.974. The van der Waals surface area contributed by atoms with E-state index in [4.69, 9.17) is 9.47 Å². The third-order valence-electron chi connectivity index (χ3n) is 2.65. The first-order chi connectivity index (χ1) is 7.25. The van der Waals surface area contributed by atoms with Gasteiger partial charge in [0.25, 0.3) is 0 Å². The van der Waals surface area contributed by atoms with Crippen molar-refractivity contribution in [3.05, 3.63) is 42.5 Å². The molecule has 1 unspecified atom stereocenters. The van der Waals surface area contributed by atoms with E-state index in [0.29, 0.717) is 5.92 Å². The molecule has 0 N–H and O–H groups in total. The number of rotatable bonds is 3. The predicted octanol–water partition coefficient (Wildman–Crippen LogP) is 0.312. The zero-order valence-electron chi connectivity index (χ0n) is 10.2. The van der Waals surface area contributed by atoms with E-state index in [9.17, 15) is 0 Å². The van der Waals surface area contributed by atoms with Crippen LogP contribution in [0.15, 0.2) is 30.3 Å². The van der Waals surface area contributed by atoms with Crippen LogP contribution in [0.4, 0.5) is 0 Å². The summed E-state index contributed by atoms with van der Waals surface area (Å²) in [5.41, 5.74) is 1.20. The van der Waals surface area contributed by atoms with Gasteiger partial charge >= 0.3 is 68.9 Å². The summed E-state index contributed by atoms with van der Waals surface area (Å²) < 4.78 is 11.2. The van der Waals surface area contributed by atoms with E-state index in [2.05, 4.69) is 26.0 Å². The fraction of sp³-hybridized carbons (Fsp3) is 0.462. The third-order valence-corrected chi connectivity index (χ3v) is 2.65. The molecule has 1 aromatic rings. The molecular weight excluding hydrogens is 321 g/mol. The second-order valence-electron chi connectivity index (χ2n) is 4.10. The second kappa shape index (κ2) is 7.59. The monoisotopic (exact) mass is 338 g/mol. The van der Waals surface area contributed by atoms with Gasteiger partial charge in [0.15, 0.2) is 0 Å². The Balaban J connectivity index is 0.00000128. The van der Waals surface area contributed by atoms with Crippen molar-refractivity contribution in [3.8, 4) is 0 Å². The number of ether oxygens (including phenoxy) is 2. The van der Waals surface area contributed by atoms with Crippen LogP contribution in [-0.4, -0.2) is 6.29 Å². The first-order valence-corrected chi connectivity index (χ1v) is 5.45. The second-order valence-corrected chi connectivity index (χ2v) is 4.10. The minimum absolute atomic E-state index is 0. The third kappa shape index (κ3) is 4.46. The van der Waals surface area contributed by atoms with E-state index < -0.39 is 0 Å². The smallest absolute Gasteiger partial charge is 0.529 e. The van der Waals surface area contributed by atoms with Gasteiger partial charge in [-0.15, -0.1) is 5.92 Å². The number of hydrogen-bond donors (Lipinski definition) is 0. The minimum Gasteiger partial charge on any atom is -0.529 e. The molecule has 0 radical (unpaired) electrons. The van der Waals surface area contributed by atoms with E-state index in [1.54, 1.807) is 0 Å². The Hall–Kier alpha value is 1.19. The molecule has 16 heavy (non-hydrogen) atoms. The summed E-state index contributed by atoms with van der Waals surface area (Å²) >= 11 is 0. The molecule has 3 atom stereocenters. The van der Waals surface area contributed by atoms with Gasteiger partial charge in [0, 0.05) is 0 Å². The van der Waals surface area contributed by atoms with Crippen molar-refractivity contribution in [2.45, 2.75) is 32.7 Å². The van der Waals surface area contributed by atoms with Crippen LogP contribution in [0.5, 0.6) is 0 Å². The van der Waals surface area contributed by atoms with Crippen LogP contribution in [0.2, 0.25) is 0 Å². The van der Waals surface area contributed by atoms with Crippen molar-refractivity contribution in [1.82, 2.24) is 0 Å². The number of benzene rings is 1. The maximum absolute atomic E-state index is 5.81. The summed E-state index contributed by atoms with van der Waals surface area (Å²) in [4.78, 5) is 0. The van der Waals surface area contributed by atoms with E-state index in [-0.39, 0.29) is 81.3 Å². The molecule has 0 amide bonds. The molecular formula is C13H17CsO2. The summed E-state index contributed by atoms with van der Waals surface area (Å²) in [5, 5.41) is 0. The topological polar surface area (TPSA) is 18.5 Å². The molecule has 1 aromatic carbocycles. The molecule has 0 saturated carbocycles. The molecule has 1 aliphatic heterocycles. The predicted molar refractivity (Wildman–Crippen MR) is 58.9 cm³/mol. The normalized spacial score (nSPS) is 26.1. The van der Waals surface area contributed by atoms with E-state index in [1.807, 2.05) is 24.8 Å². The van der Waals surface area contributed by atoms with Crippen molar-refractivity contribution in [2.75, 3.05) is 0 Å². The van der Waals surface area contributed by atoms with Gasteiger partial charge in [-0.25, -0.2) is 6.61 Å². The standard InChI is InChI=1S/C13H17O2.Cs/c1-10-8-13(14-9-10)15-11(2)12-6-4-3-5-7-12;/h3-7,9-11,13H,8H2,1-2H3;/q-1;+1/t10-,11-,13?;/m1./s1. The Morgan fingerprint density at radius 3 is 2.62 bits per heavy atom. The molecule has 2 rings (SSSR count). The molecule has 3 heteroatoms. The van der Waals surface area contributed by atoms with Crippen molar-refractivity contribution >= 4 is 0 Å². The SMILES string of the molecule is C[C@H]1[CH-]OC(O[C@H](C)c2ccccc2)C1.[Cs+]. The maximum Gasteiger partial charge on any atom is 1.00 e. The van der Waals surface area contributed by atoms with Crippen LogP contribution in [0.1, 0.15) is 31.9 Å². The Labute approximate surface area is 157 Å². The van der Waals surface area contributed by atoms with E-state index in [1.165, 1.54) is 5.56 Å². The summed E-state index contributed by atoms with van der Waals surface area (Å²) in [5.74, 6) is 0.498. The fourth-order valence-corrected chi connectivity index (χ4v) is 1.75. The average Bonchev–Trinajstić information content (AvgIpc) is 2.65. The van der Waals surface area contributed by atoms with Crippen molar-refractivity contribution in [1.29, 1.82) is 0 Å². The fourth-order valence-electron chi connectivity index (χ4n) is 1.75. The molecule has 0 aromatic heterocycles. The Morgan fingerprint density at radius 1 is 1.38 bits per heavy atom. The first kappa shape index (κ1) is 15.3. The van der Waals surface area contributed by atoms with Crippen molar-refractivity contribution in [2.24, 2.45) is 5.92 Å². The number of hydrogen-bond acceptors (Lipinski definition) is 2. The van der Waals surface area contributed by atoms with E-state index in [0.717, 1.165) is 6.42 Å². The van der Waals surface area contributed by atoms with Crippen LogP contribution >= 0.6 is 0 Å². The van der Waals surface area contributed by atoms with Crippen molar-refractivity contribution < 1.29 is 78.4 Å². The van der Waals surface area contributed by atoms with Crippen molar-refractivity contribution in [3.63, 3.8) is 0 Å². The van der Waals surface area contributed by atoms with E-state index >= 15 is 0 Å².